The number of ether oxygens (including phenoxy) is 1. The molecule has 0 fully saturated rings. The molecule has 0 unspecified atom stereocenters. The molecule has 0 aliphatic heterocycles. The third-order valence-corrected chi connectivity index (χ3v) is 4.65. The third-order valence-electron chi connectivity index (χ3n) is 4.65. The summed E-state index contributed by atoms with van der Waals surface area (Å²) < 4.78 is 6.92. The second-order valence-corrected chi connectivity index (χ2v) is 7.13. The van der Waals surface area contributed by atoms with E-state index in [0.717, 1.165) is 17.1 Å². The molecule has 0 aliphatic rings. The first-order valence-electron chi connectivity index (χ1n) is 10.1. The van der Waals surface area contributed by atoms with Gasteiger partial charge in [0.1, 0.15) is 5.75 Å². The van der Waals surface area contributed by atoms with E-state index in [1.165, 1.54) is 4.52 Å². The van der Waals surface area contributed by atoms with Crippen molar-refractivity contribution in [2.45, 2.75) is 20.8 Å². The fourth-order valence-corrected chi connectivity index (χ4v) is 3.16. The minimum atomic E-state index is -0.459. The minimum Gasteiger partial charge on any atom is -0.494 e. The highest BCUT2D eigenvalue weighted by atomic mass is 16.5. The largest absolute Gasteiger partial charge is 0.494 e. The van der Waals surface area contributed by atoms with Gasteiger partial charge in [0.15, 0.2) is 0 Å². The summed E-state index contributed by atoms with van der Waals surface area (Å²) in [7, 11) is 0. The van der Waals surface area contributed by atoms with Crippen molar-refractivity contribution in [3.05, 3.63) is 77.4 Å². The van der Waals surface area contributed by atoms with E-state index in [2.05, 4.69) is 25.7 Å². The van der Waals surface area contributed by atoms with Gasteiger partial charge in [-0.2, -0.15) is 4.98 Å². The number of carbonyl (C=O) groups excluding carboxylic acids is 2. The van der Waals surface area contributed by atoms with Gasteiger partial charge in [0.2, 0.25) is 5.82 Å². The topological polar surface area (TPSA) is 111 Å². The zero-order valence-corrected chi connectivity index (χ0v) is 17.9. The fraction of sp³-hybridized carbons (Fsp3) is 0.174. The lowest BCUT2D eigenvalue weighted by molar-refractivity contribution is 0.101. The molecule has 0 spiro atoms. The predicted molar refractivity (Wildman–Crippen MR) is 120 cm³/mol. The van der Waals surface area contributed by atoms with Crippen LogP contribution in [-0.2, 0) is 0 Å². The van der Waals surface area contributed by atoms with Gasteiger partial charge >= 0.3 is 0 Å². The zero-order valence-electron chi connectivity index (χ0n) is 17.9. The van der Waals surface area contributed by atoms with Crippen molar-refractivity contribution < 1.29 is 14.3 Å². The van der Waals surface area contributed by atoms with Crippen LogP contribution in [0.2, 0.25) is 0 Å². The number of aromatic nitrogens is 4. The maximum Gasteiger partial charge on any atom is 0.295 e. The number of aryl methyl sites for hydroxylation is 2. The van der Waals surface area contributed by atoms with Gasteiger partial charge in [-0.15, -0.1) is 5.10 Å². The van der Waals surface area contributed by atoms with Crippen LogP contribution >= 0.6 is 0 Å². The second kappa shape index (κ2) is 8.84. The van der Waals surface area contributed by atoms with Gasteiger partial charge in [-0.1, -0.05) is 0 Å². The number of benzene rings is 2. The summed E-state index contributed by atoms with van der Waals surface area (Å²) in [6.07, 6.45) is 0. The Labute approximate surface area is 184 Å². The van der Waals surface area contributed by atoms with E-state index in [4.69, 9.17) is 4.74 Å². The Kier molecular flexibility index (Phi) is 5.80. The van der Waals surface area contributed by atoms with Crippen LogP contribution in [0.1, 0.15) is 39.3 Å². The Morgan fingerprint density at radius 1 is 0.906 bits per heavy atom. The van der Waals surface area contributed by atoms with Gasteiger partial charge in [0, 0.05) is 28.3 Å². The van der Waals surface area contributed by atoms with E-state index in [0.29, 0.717) is 29.3 Å². The van der Waals surface area contributed by atoms with Crippen molar-refractivity contribution in [2.75, 3.05) is 17.2 Å². The van der Waals surface area contributed by atoms with Gasteiger partial charge in [-0.25, -0.2) is 9.50 Å². The monoisotopic (exact) mass is 430 g/mol. The number of hydrogen-bond acceptors (Lipinski definition) is 6. The molecule has 4 rings (SSSR count). The number of rotatable bonds is 6. The molecule has 9 nitrogen and oxygen atoms in total. The fourth-order valence-electron chi connectivity index (χ4n) is 3.16. The first-order valence-corrected chi connectivity index (χ1v) is 10.1. The molecule has 162 valence electrons. The van der Waals surface area contributed by atoms with Gasteiger partial charge in [-0.3, -0.25) is 9.59 Å². The average molecular weight is 430 g/mol. The Balaban J connectivity index is 1.41. The maximum atomic E-state index is 12.5. The number of fused-ring (bicyclic) bond motifs is 1. The molecule has 4 aromatic rings. The number of anilines is 2. The highest BCUT2D eigenvalue weighted by Crippen LogP contribution is 2.17. The Morgan fingerprint density at radius 3 is 2.19 bits per heavy atom. The van der Waals surface area contributed by atoms with Crippen molar-refractivity contribution in [3.63, 3.8) is 0 Å². The van der Waals surface area contributed by atoms with Gasteiger partial charge in [-0.05, 0) is 75.4 Å². The van der Waals surface area contributed by atoms with Gasteiger partial charge < -0.3 is 15.4 Å². The van der Waals surface area contributed by atoms with E-state index in [-0.39, 0.29) is 11.7 Å². The van der Waals surface area contributed by atoms with Crippen LogP contribution < -0.4 is 15.4 Å². The van der Waals surface area contributed by atoms with Crippen LogP contribution in [0.4, 0.5) is 11.4 Å². The molecule has 2 N–H and O–H groups in total. The van der Waals surface area contributed by atoms with Crippen LogP contribution in [0.5, 0.6) is 5.75 Å². The average Bonchev–Trinajstić information content (AvgIpc) is 3.20. The van der Waals surface area contributed by atoms with E-state index in [1.54, 1.807) is 48.5 Å². The quantitative estimate of drug-likeness (QED) is 0.483. The highest BCUT2D eigenvalue weighted by molar-refractivity contribution is 6.05. The molecular weight excluding hydrogens is 408 g/mol. The molecule has 0 radical (unpaired) electrons. The number of amides is 2. The lowest BCUT2D eigenvalue weighted by Gasteiger charge is -2.08. The first-order chi connectivity index (χ1) is 15.4. The first kappa shape index (κ1) is 21.0. The third kappa shape index (κ3) is 4.56. The predicted octanol–water partition coefficient (Wildman–Crippen LogP) is 3.64. The smallest absolute Gasteiger partial charge is 0.295 e. The maximum absolute atomic E-state index is 12.5. The van der Waals surface area contributed by atoms with E-state index in [9.17, 15) is 9.59 Å². The molecule has 2 amide bonds. The molecule has 32 heavy (non-hydrogen) atoms. The molecule has 0 saturated carbocycles. The van der Waals surface area contributed by atoms with Crippen molar-refractivity contribution in [2.24, 2.45) is 0 Å². The molecule has 0 saturated heterocycles. The molecular formula is C23H22N6O3. The van der Waals surface area contributed by atoms with Crippen LogP contribution in [0.15, 0.2) is 54.6 Å². The number of nitrogens with one attached hydrogen (secondary N) is 2. The Bertz CT molecular complexity index is 1280. The molecule has 2 heterocycles. The van der Waals surface area contributed by atoms with Crippen LogP contribution in [0.3, 0.4) is 0 Å². The number of carbonyl (C=O) groups is 2. The second-order valence-electron chi connectivity index (χ2n) is 7.13. The minimum absolute atomic E-state index is 0.0171. The summed E-state index contributed by atoms with van der Waals surface area (Å²) in [6, 6.07) is 15.6. The molecule has 2 aromatic heterocycles. The molecule has 0 bridgehead atoms. The normalized spacial score (nSPS) is 10.7. The van der Waals surface area contributed by atoms with Gasteiger partial charge in [0.25, 0.3) is 17.6 Å². The Morgan fingerprint density at radius 2 is 1.53 bits per heavy atom. The van der Waals surface area contributed by atoms with Crippen molar-refractivity contribution >= 4 is 29.0 Å². The van der Waals surface area contributed by atoms with Crippen molar-refractivity contribution in [1.29, 1.82) is 0 Å². The lowest BCUT2D eigenvalue weighted by atomic mass is 10.2. The Hall–Kier alpha value is -4.27. The molecule has 9 heteroatoms. The number of nitrogens with zero attached hydrogens (tertiary/aromatic N) is 4. The van der Waals surface area contributed by atoms with Gasteiger partial charge in [0.05, 0.1) is 6.61 Å². The molecule has 2 aromatic carbocycles. The lowest BCUT2D eigenvalue weighted by Crippen LogP contribution is -2.15. The van der Waals surface area contributed by atoms with E-state index >= 15 is 0 Å². The summed E-state index contributed by atoms with van der Waals surface area (Å²) in [5.41, 5.74) is 3.27. The number of hydrogen-bond donors (Lipinski definition) is 2. The molecule has 0 aliphatic carbocycles. The van der Waals surface area contributed by atoms with Crippen LogP contribution in [0, 0.1) is 13.8 Å². The molecule has 0 atom stereocenters. The van der Waals surface area contributed by atoms with E-state index < -0.39 is 5.91 Å². The van der Waals surface area contributed by atoms with Crippen LogP contribution in [0.25, 0.3) is 5.78 Å². The highest BCUT2D eigenvalue weighted by Gasteiger charge is 2.15. The summed E-state index contributed by atoms with van der Waals surface area (Å²) in [6.45, 7) is 6.22. The summed E-state index contributed by atoms with van der Waals surface area (Å²) in [4.78, 5) is 33.5. The summed E-state index contributed by atoms with van der Waals surface area (Å²) >= 11 is 0. The standard InChI is InChI=1S/C23H22N6O3/c1-4-32-19-11-9-18(10-12-19)25-21(30)16-5-7-17(8-6-16)26-22(31)20-27-23-24-14(2)13-15(3)29(23)28-20/h5-13H,4H2,1-3H3,(H,25,30)(H,26,31). The zero-order chi connectivity index (χ0) is 22.7. The van der Waals surface area contributed by atoms with E-state index in [1.807, 2.05) is 26.8 Å². The SMILES string of the molecule is CCOc1ccc(NC(=O)c2ccc(NC(=O)c3nc4nc(C)cc(C)n4n3)cc2)cc1. The summed E-state index contributed by atoms with van der Waals surface area (Å²) in [5, 5.41) is 9.78. The van der Waals surface area contributed by atoms with Crippen molar-refractivity contribution in [1.82, 2.24) is 19.6 Å². The van der Waals surface area contributed by atoms with Crippen LogP contribution in [-0.4, -0.2) is 38.0 Å². The summed E-state index contributed by atoms with van der Waals surface area (Å²) in [5.74, 6) is 0.411. The van der Waals surface area contributed by atoms with Crippen molar-refractivity contribution in [3.8, 4) is 5.75 Å².